The van der Waals surface area contributed by atoms with Gasteiger partial charge in [0.05, 0.1) is 15.6 Å². The predicted molar refractivity (Wildman–Crippen MR) is 70.9 cm³/mol. The largest absolute Gasteiger partial charge is 0.505 e. The minimum absolute atomic E-state index is 0.0182. The fourth-order valence-electron chi connectivity index (χ4n) is 1.30. The van der Waals surface area contributed by atoms with Crippen LogP contribution in [0.2, 0.25) is 10.0 Å². The van der Waals surface area contributed by atoms with Gasteiger partial charge in [-0.15, -0.1) is 0 Å². The predicted octanol–water partition coefficient (Wildman–Crippen LogP) is 2.42. The molecule has 6 heteroatoms. The number of hydrogen-bond donors (Lipinski definition) is 2. The van der Waals surface area contributed by atoms with Crippen molar-refractivity contribution >= 4 is 41.0 Å². The number of amides is 1. The molecule has 18 heavy (non-hydrogen) atoms. The van der Waals surface area contributed by atoms with Crippen molar-refractivity contribution in [1.29, 1.82) is 0 Å². The number of ketones is 1. The van der Waals surface area contributed by atoms with E-state index in [0.29, 0.717) is 5.56 Å². The van der Waals surface area contributed by atoms with Crippen LogP contribution in [0, 0.1) is 0 Å². The zero-order chi connectivity index (χ0) is 13.9. The normalized spacial score (nSPS) is 11.2. The highest BCUT2D eigenvalue weighted by atomic mass is 35.5. The van der Waals surface area contributed by atoms with Crippen LogP contribution in [0.5, 0.6) is 5.75 Å². The Kier molecular flexibility index (Phi) is 4.76. The fraction of sp³-hybridized carbons (Fsp3) is 0.167. The topological polar surface area (TPSA) is 66.4 Å². The number of phenolic OH excluding ortho intramolecular Hbond substituents is 1. The number of carbonyl (C=O) groups is 2. The third kappa shape index (κ3) is 3.24. The number of rotatable bonds is 3. The molecule has 0 aromatic heterocycles. The summed E-state index contributed by atoms with van der Waals surface area (Å²) in [6.07, 6.45) is 1.36. The minimum atomic E-state index is -0.497. The molecule has 2 N–H and O–H groups in total. The lowest BCUT2D eigenvalue weighted by atomic mass is 10.1. The highest BCUT2D eigenvalue weighted by Gasteiger charge is 2.13. The van der Waals surface area contributed by atoms with Crippen LogP contribution >= 0.6 is 23.2 Å². The lowest BCUT2D eigenvalue weighted by molar-refractivity contribution is -0.121. The Bertz CT molecular complexity index is 515. The first-order chi connectivity index (χ1) is 8.36. The molecule has 0 unspecified atom stereocenters. The van der Waals surface area contributed by atoms with Gasteiger partial charge in [-0.25, -0.2) is 0 Å². The summed E-state index contributed by atoms with van der Waals surface area (Å²) in [4.78, 5) is 22.8. The van der Waals surface area contributed by atoms with E-state index in [-0.39, 0.29) is 27.2 Å². The van der Waals surface area contributed by atoms with Crippen molar-refractivity contribution < 1.29 is 14.7 Å². The van der Waals surface area contributed by atoms with Gasteiger partial charge in [0, 0.05) is 7.05 Å². The maximum Gasteiger partial charge on any atom is 0.254 e. The summed E-state index contributed by atoms with van der Waals surface area (Å²) in [6, 6.07) is 2.82. The quantitative estimate of drug-likeness (QED) is 0.510. The number of hydrogen-bond acceptors (Lipinski definition) is 3. The Morgan fingerprint density at radius 2 is 1.78 bits per heavy atom. The van der Waals surface area contributed by atoms with E-state index in [2.05, 4.69) is 5.32 Å². The summed E-state index contributed by atoms with van der Waals surface area (Å²) in [5.41, 5.74) is 0.437. The summed E-state index contributed by atoms with van der Waals surface area (Å²) in [5.74, 6) is -1.11. The average Bonchev–Trinajstić information content (AvgIpc) is 2.31. The second-order valence-electron chi connectivity index (χ2n) is 3.53. The standard InChI is InChI=1S/C12H11Cl2NO3/c1-6(16)8(12(18)15-2)3-7-4-9(13)11(17)10(14)5-7/h3-5,17H,1-2H3,(H,15,18). The summed E-state index contributed by atoms with van der Waals surface area (Å²) in [7, 11) is 1.43. The Morgan fingerprint density at radius 3 is 2.17 bits per heavy atom. The molecular weight excluding hydrogens is 277 g/mol. The molecule has 0 aliphatic rings. The first kappa shape index (κ1) is 14.5. The zero-order valence-electron chi connectivity index (χ0n) is 9.75. The Labute approximate surface area is 114 Å². The molecule has 0 heterocycles. The first-order valence-electron chi connectivity index (χ1n) is 4.99. The molecule has 0 saturated carbocycles. The molecule has 0 fully saturated rings. The van der Waals surface area contributed by atoms with Crippen molar-refractivity contribution in [3.05, 3.63) is 33.3 Å². The number of Topliss-reactive ketones (excluding diaryl/α,β-unsaturated/α-hetero) is 1. The summed E-state index contributed by atoms with van der Waals surface area (Å²) < 4.78 is 0. The molecule has 1 amide bonds. The molecular formula is C12H11Cl2NO3. The molecule has 0 bridgehead atoms. The zero-order valence-corrected chi connectivity index (χ0v) is 11.3. The maximum absolute atomic E-state index is 11.5. The third-order valence-electron chi connectivity index (χ3n) is 2.20. The molecule has 0 atom stereocenters. The first-order valence-corrected chi connectivity index (χ1v) is 5.75. The number of carbonyl (C=O) groups excluding carboxylic acids is 2. The summed E-state index contributed by atoms with van der Waals surface area (Å²) >= 11 is 11.5. The lowest BCUT2D eigenvalue weighted by Crippen LogP contribution is -2.23. The number of nitrogens with one attached hydrogen (secondary N) is 1. The van der Waals surface area contributed by atoms with Gasteiger partial charge in [-0.1, -0.05) is 23.2 Å². The van der Waals surface area contributed by atoms with Gasteiger partial charge < -0.3 is 10.4 Å². The van der Waals surface area contributed by atoms with Crippen LogP contribution in [0.1, 0.15) is 12.5 Å². The number of likely N-dealkylation sites (N-methyl/N-ethyl adjacent to an activating group) is 1. The van der Waals surface area contributed by atoms with E-state index >= 15 is 0 Å². The van der Waals surface area contributed by atoms with Gasteiger partial charge in [0.15, 0.2) is 11.5 Å². The monoisotopic (exact) mass is 287 g/mol. The van der Waals surface area contributed by atoms with Crippen molar-refractivity contribution in [3.63, 3.8) is 0 Å². The molecule has 0 aliphatic carbocycles. The van der Waals surface area contributed by atoms with Crippen molar-refractivity contribution in [2.75, 3.05) is 7.05 Å². The van der Waals surface area contributed by atoms with Crippen molar-refractivity contribution in [2.45, 2.75) is 6.92 Å². The number of aromatic hydroxyl groups is 1. The van der Waals surface area contributed by atoms with E-state index < -0.39 is 5.91 Å². The van der Waals surface area contributed by atoms with E-state index in [0.717, 1.165) is 0 Å². The molecule has 0 aliphatic heterocycles. The van der Waals surface area contributed by atoms with Crippen molar-refractivity contribution in [2.24, 2.45) is 0 Å². The fourth-order valence-corrected chi connectivity index (χ4v) is 1.80. The molecule has 1 aromatic carbocycles. The molecule has 1 rings (SSSR count). The summed E-state index contributed by atoms with van der Waals surface area (Å²) in [5, 5.41) is 11.9. The number of phenols is 1. The van der Waals surface area contributed by atoms with Gasteiger partial charge in [0.25, 0.3) is 5.91 Å². The van der Waals surface area contributed by atoms with E-state index in [1.807, 2.05) is 0 Å². The van der Waals surface area contributed by atoms with Crippen LogP contribution in [0.15, 0.2) is 17.7 Å². The van der Waals surface area contributed by atoms with Gasteiger partial charge in [-0.2, -0.15) is 0 Å². The van der Waals surface area contributed by atoms with E-state index in [1.165, 1.54) is 32.2 Å². The molecule has 0 spiro atoms. The van der Waals surface area contributed by atoms with Gasteiger partial charge in [-0.3, -0.25) is 9.59 Å². The molecule has 96 valence electrons. The van der Waals surface area contributed by atoms with Crippen molar-refractivity contribution in [3.8, 4) is 5.75 Å². The molecule has 0 saturated heterocycles. The SMILES string of the molecule is CNC(=O)C(=Cc1cc(Cl)c(O)c(Cl)c1)C(C)=O. The van der Waals surface area contributed by atoms with Crippen LogP contribution in [0.3, 0.4) is 0 Å². The van der Waals surface area contributed by atoms with Crippen LogP contribution < -0.4 is 5.32 Å². The maximum atomic E-state index is 11.5. The summed E-state index contributed by atoms with van der Waals surface area (Å²) in [6.45, 7) is 1.28. The lowest BCUT2D eigenvalue weighted by Gasteiger charge is -2.05. The Morgan fingerprint density at radius 1 is 1.28 bits per heavy atom. The Balaban J connectivity index is 3.29. The van der Waals surface area contributed by atoms with Crippen molar-refractivity contribution in [1.82, 2.24) is 5.32 Å². The highest BCUT2D eigenvalue weighted by molar-refractivity contribution is 6.37. The van der Waals surface area contributed by atoms with Gasteiger partial charge in [0.1, 0.15) is 0 Å². The van der Waals surface area contributed by atoms with E-state index in [1.54, 1.807) is 0 Å². The van der Waals surface area contributed by atoms with Crippen LogP contribution in [-0.2, 0) is 9.59 Å². The van der Waals surface area contributed by atoms with E-state index in [9.17, 15) is 14.7 Å². The van der Waals surface area contributed by atoms with Gasteiger partial charge in [-0.05, 0) is 30.7 Å². The minimum Gasteiger partial charge on any atom is -0.505 e. The van der Waals surface area contributed by atoms with E-state index in [4.69, 9.17) is 23.2 Å². The second kappa shape index (κ2) is 5.89. The van der Waals surface area contributed by atoms with Gasteiger partial charge in [0.2, 0.25) is 0 Å². The Hall–Kier alpha value is -1.52. The smallest absolute Gasteiger partial charge is 0.254 e. The van der Waals surface area contributed by atoms with Gasteiger partial charge >= 0.3 is 0 Å². The molecule has 0 radical (unpaired) electrons. The second-order valence-corrected chi connectivity index (χ2v) is 4.34. The number of benzene rings is 1. The molecule has 4 nitrogen and oxygen atoms in total. The van der Waals surface area contributed by atoms with Crippen LogP contribution in [-0.4, -0.2) is 23.8 Å². The van der Waals surface area contributed by atoms with Crippen LogP contribution in [0.4, 0.5) is 0 Å². The third-order valence-corrected chi connectivity index (χ3v) is 2.78. The van der Waals surface area contributed by atoms with Crippen LogP contribution in [0.25, 0.3) is 6.08 Å². The number of halogens is 2. The molecule has 1 aromatic rings. The average molecular weight is 288 g/mol. The highest BCUT2D eigenvalue weighted by Crippen LogP contribution is 2.33.